The summed E-state index contributed by atoms with van der Waals surface area (Å²) in [7, 11) is 0. The lowest BCUT2D eigenvalue weighted by Crippen LogP contribution is -2.36. The molecule has 6 nitrogen and oxygen atoms in total. The number of aromatic nitrogens is 2. The third-order valence-electron chi connectivity index (χ3n) is 5.88. The molecule has 4 rings (SSSR count). The highest BCUT2D eigenvalue weighted by molar-refractivity contribution is 7.19. The van der Waals surface area contributed by atoms with E-state index in [0.29, 0.717) is 18.4 Å². The van der Waals surface area contributed by atoms with Crippen molar-refractivity contribution in [2.45, 2.75) is 76.4 Å². The van der Waals surface area contributed by atoms with Crippen LogP contribution in [0, 0.1) is 0 Å². The molecule has 1 fully saturated rings. The fourth-order valence-electron chi connectivity index (χ4n) is 4.57. The Morgan fingerprint density at radius 2 is 2.11 bits per heavy atom. The number of rotatable bonds is 7. The second kappa shape index (κ2) is 8.10. The average molecular weight is 389 g/mol. The number of nitrogens with two attached hydrogens (primary N) is 1. The van der Waals surface area contributed by atoms with Gasteiger partial charge in [0.15, 0.2) is 0 Å². The Bertz CT molecular complexity index is 814. The number of nitrogens with zero attached hydrogens (tertiary/aromatic N) is 2. The van der Waals surface area contributed by atoms with Gasteiger partial charge >= 0.3 is 0 Å². The molecule has 2 heterocycles. The number of carbonyl (C=O) groups is 1. The van der Waals surface area contributed by atoms with Crippen LogP contribution in [0.4, 0.5) is 0 Å². The normalized spacial score (nSPS) is 24.9. The molecule has 1 unspecified atom stereocenters. The van der Waals surface area contributed by atoms with Crippen LogP contribution in [0.2, 0.25) is 0 Å². The van der Waals surface area contributed by atoms with Gasteiger partial charge in [0.2, 0.25) is 11.8 Å². The van der Waals surface area contributed by atoms with Crippen molar-refractivity contribution >= 4 is 27.5 Å². The topological polar surface area (TPSA) is 90.1 Å². The van der Waals surface area contributed by atoms with Gasteiger partial charge in [-0.25, -0.2) is 9.97 Å². The molecular weight excluding hydrogens is 360 g/mol. The van der Waals surface area contributed by atoms with Crippen molar-refractivity contribution in [3.63, 3.8) is 0 Å². The monoisotopic (exact) mass is 388 g/mol. The molecule has 0 bridgehead atoms. The highest BCUT2D eigenvalue weighted by atomic mass is 32.1. The molecule has 2 aromatic heterocycles. The van der Waals surface area contributed by atoms with E-state index in [4.69, 9.17) is 10.5 Å². The number of hydrogen-bond donors (Lipinski definition) is 2. The SMILES string of the molecule is CCNC1CCC(Oc2ncnc3sc4c(c23)C(CCC(N)=O)CC4)CC1. The Balaban J connectivity index is 1.55. The smallest absolute Gasteiger partial charge is 0.225 e. The van der Waals surface area contributed by atoms with Crippen LogP contribution in [-0.4, -0.2) is 34.6 Å². The Morgan fingerprint density at radius 3 is 2.85 bits per heavy atom. The molecule has 1 atom stereocenters. The Labute approximate surface area is 163 Å². The van der Waals surface area contributed by atoms with E-state index < -0.39 is 0 Å². The van der Waals surface area contributed by atoms with Gasteiger partial charge in [-0.2, -0.15) is 0 Å². The summed E-state index contributed by atoms with van der Waals surface area (Å²) < 4.78 is 6.39. The van der Waals surface area contributed by atoms with Crippen LogP contribution in [0.25, 0.3) is 10.2 Å². The number of fused-ring (bicyclic) bond motifs is 3. The summed E-state index contributed by atoms with van der Waals surface area (Å²) in [6.07, 6.45) is 9.60. The van der Waals surface area contributed by atoms with Gasteiger partial charge in [-0.05, 0) is 63.0 Å². The van der Waals surface area contributed by atoms with E-state index in [-0.39, 0.29) is 12.0 Å². The van der Waals surface area contributed by atoms with E-state index in [1.165, 1.54) is 10.4 Å². The molecule has 0 aromatic carbocycles. The van der Waals surface area contributed by atoms with Crippen molar-refractivity contribution in [1.29, 1.82) is 0 Å². The maximum absolute atomic E-state index is 11.2. The van der Waals surface area contributed by atoms with E-state index in [1.54, 1.807) is 17.7 Å². The number of primary amides is 1. The first-order valence-electron chi connectivity index (χ1n) is 10.1. The zero-order valence-electron chi connectivity index (χ0n) is 15.9. The standard InChI is InChI=1S/C20H28N4O2S/c1-2-22-13-5-7-14(8-6-13)26-19-18-17-12(4-10-16(21)25)3-9-15(17)27-20(18)24-11-23-19/h11-14,22H,2-10H2,1H3,(H2,21,25). The molecule has 2 aliphatic rings. The first-order chi connectivity index (χ1) is 13.2. The number of amides is 1. The average Bonchev–Trinajstić information content (AvgIpc) is 3.21. The lowest BCUT2D eigenvalue weighted by atomic mass is 9.93. The Hall–Kier alpha value is -1.73. The summed E-state index contributed by atoms with van der Waals surface area (Å²) in [5.74, 6) is 0.864. The Morgan fingerprint density at radius 1 is 1.30 bits per heavy atom. The third kappa shape index (κ3) is 3.94. The van der Waals surface area contributed by atoms with Gasteiger partial charge in [-0.15, -0.1) is 11.3 Å². The molecular formula is C20H28N4O2S. The fourth-order valence-corrected chi connectivity index (χ4v) is 5.80. The summed E-state index contributed by atoms with van der Waals surface area (Å²) in [6.45, 7) is 3.18. The zero-order chi connectivity index (χ0) is 18.8. The van der Waals surface area contributed by atoms with Crippen molar-refractivity contribution in [3.05, 3.63) is 16.8 Å². The van der Waals surface area contributed by atoms with Crippen LogP contribution < -0.4 is 15.8 Å². The molecule has 2 aliphatic carbocycles. The minimum absolute atomic E-state index is 0.221. The van der Waals surface area contributed by atoms with E-state index >= 15 is 0 Å². The predicted molar refractivity (Wildman–Crippen MR) is 107 cm³/mol. The number of ether oxygens (including phenoxy) is 1. The van der Waals surface area contributed by atoms with Crippen LogP contribution in [0.15, 0.2) is 6.33 Å². The number of hydrogen-bond acceptors (Lipinski definition) is 6. The van der Waals surface area contributed by atoms with Crippen LogP contribution in [0.3, 0.4) is 0 Å². The van der Waals surface area contributed by atoms with E-state index in [1.807, 2.05) is 0 Å². The molecule has 0 spiro atoms. The van der Waals surface area contributed by atoms with Gasteiger partial charge in [-0.3, -0.25) is 4.79 Å². The first kappa shape index (κ1) is 18.6. The van der Waals surface area contributed by atoms with Crippen molar-refractivity contribution in [2.24, 2.45) is 5.73 Å². The summed E-state index contributed by atoms with van der Waals surface area (Å²) in [5.41, 5.74) is 6.69. The van der Waals surface area contributed by atoms with Crippen molar-refractivity contribution < 1.29 is 9.53 Å². The van der Waals surface area contributed by atoms with Crippen LogP contribution >= 0.6 is 11.3 Å². The first-order valence-corrected chi connectivity index (χ1v) is 10.9. The minimum Gasteiger partial charge on any atom is -0.474 e. The molecule has 1 saturated carbocycles. The van der Waals surface area contributed by atoms with E-state index in [9.17, 15) is 4.79 Å². The summed E-state index contributed by atoms with van der Waals surface area (Å²) in [6, 6.07) is 0.615. The number of thiophene rings is 1. The van der Waals surface area contributed by atoms with Crippen molar-refractivity contribution in [3.8, 4) is 5.88 Å². The van der Waals surface area contributed by atoms with Gasteiger partial charge in [0.1, 0.15) is 17.3 Å². The number of nitrogens with one attached hydrogen (secondary N) is 1. The van der Waals surface area contributed by atoms with Gasteiger partial charge in [0, 0.05) is 17.3 Å². The molecule has 1 amide bonds. The minimum atomic E-state index is -0.229. The summed E-state index contributed by atoms with van der Waals surface area (Å²) in [5, 5.41) is 4.62. The Kier molecular flexibility index (Phi) is 5.59. The second-order valence-corrected chi connectivity index (χ2v) is 8.77. The highest BCUT2D eigenvalue weighted by Gasteiger charge is 2.31. The largest absolute Gasteiger partial charge is 0.474 e. The lowest BCUT2D eigenvalue weighted by molar-refractivity contribution is -0.118. The van der Waals surface area contributed by atoms with Gasteiger partial charge in [0.25, 0.3) is 0 Å². The van der Waals surface area contributed by atoms with Crippen molar-refractivity contribution in [1.82, 2.24) is 15.3 Å². The maximum Gasteiger partial charge on any atom is 0.225 e. The van der Waals surface area contributed by atoms with Crippen LogP contribution in [0.1, 0.15) is 68.2 Å². The van der Waals surface area contributed by atoms with E-state index in [2.05, 4.69) is 22.2 Å². The number of aryl methyl sites for hydroxylation is 1. The maximum atomic E-state index is 11.2. The number of carbonyl (C=O) groups excluding carboxylic acids is 1. The molecule has 146 valence electrons. The summed E-state index contributed by atoms with van der Waals surface area (Å²) >= 11 is 1.75. The molecule has 27 heavy (non-hydrogen) atoms. The van der Waals surface area contributed by atoms with Crippen LogP contribution in [-0.2, 0) is 11.2 Å². The molecule has 7 heteroatoms. The fraction of sp³-hybridized carbons (Fsp3) is 0.650. The van der Waals surface area contributed by atoms with Gasteiger partial charge in [-0.1, -0.05) is 6.92 Å². The van der Waals surface area contributed by atoms with Crippen molar-refractivity contribution in [2.75, 3.05) is 6.54 Å². The van der Waals surface area contributed by atoms with Gasteiger partial charge in [0.05, 0.1) is 5.39 Å². The second-order valence-electron chi connectivity index (χ2n) is 7.69. The quantitative estimate of drug-likeness (QED) is 0.760. The predicted octanol–water partition coefficient (Wildman–Crippen LogP) is 3.29. The van der Waals surface area contributed by atoms with E-state index in [0.717, 1.165) is 67.6 Å². The summed E-state index contributed by atoms with van der Waals surface area (Å²) in [4.78, 5) is 22.6. The molecule has 0 radical (unpaired) electrons. The molecule has 2 aromatic rings. The molecule has 0 saturated heterocycles. The zero-order valence-corrected chi connectivity index (χ0v) is 16.7. The van der Waals surface area contributed by atoms with Gasteiger partial charge < -0.3 is 15.8 Å². The molecule has 0 aliphatic heterocycles. The molecule has 3 N–H and O–H groups in total. The highest BCUT2D eigenvalue weighted by Crippen LogP contribution is 2.47. The lowest BCUT2D eigenvalue weighted by Gasteiger charge is -2.29. The third-order valence-corrected chi connectivity index (χ3v) is 7.05. The van der Waals surface area contributed by atoms with Crippen LogP contribution in [0.5, 0.6) is 5.88 Å².